The highest BCUT2D eigenvalue weighted by Crippen LogP contribution is 2.16. The van der Waals surface area contributed by atoms with Crippen LogP contribution in [0.1, 0.15) is 35.7 Å². The molecule has 0 atom stereocenters. The molecule has 132 valence electrons. The van der Waals surface area contributed by atoms with Crippen LogP contribution in [0.3, 0.4) is 0 Å². The van der Waals surface area contributed by atoms with E-state index in [-0.39, 0.29) is 11.8 Å². The van der Waals surface area contributed by atoms with E-state index in [1.54, 1.807) is 19.2 Å². The Morgan fingerprint density at radius 2 is 1.84 bits per heavy atom. The van der Waals surface area contributed by atoms with Gasteiger partial charge in [0.2, 0.25) is 5.91 Å². The van der Waals surface area contributed by atoms with Gasteiger partial charge in [0.15, 0.2) is 0 Å². The normalized spacial score (nSPS) is 10.2. The summed E-state index contributed by atoms with van der Waals surface area (Å²) >= 11 is 0. The summed E-state index contributed by atoms with van der Waals surface area (Å²) in [6, 6.07) is 14.7. The number of carbonyl (C=O) groups is 2. The van der Waals surface area contributed by atoms with Crippen LogP contribution in [0.2, 0.25) is 0 Å². The lowest BCUT2D eigenvalue weighted by Gasteiger charge is -2.09. The van der Waals surface area contributed by atoms with Crippen molar-refractivity contribution in [1.82, 2.24) is 5.32 Å². The molecule has 0 unspecified atom stereocenters. The molecule has 2 N–H and O–H groups in total. The summed E-state index contributed by atoms with van der Waals surface area (Å²) in [7, 11) is 1.63. The third-order valence-corrected chi connectivity index (χ3v) is 3.70. The van der Waals surface area contributed by atoms with Crippen molar-refractivity contribution < 1.29 is 14.3 Å². The number of ether oxygens (including phenoxy) is 1. The number of hydrogen-bond acceptors (Lipinski definition) is 3. The summed E-state index contributed by atoms with van der Waals surface area (Å²) < 4.78 is 5.55. The molecule has 0 fully saturated rings. The van der Waals surface area contributed by atoms with Crippen LogP contribution in [0.5, 0.6) is 5.75 Å². The Hall–Kier alpha value is -2.82. The lowest BCUT2D eigenvalue weighted by molar-refractivity contribution is -0.120. The molecule has 0 bridgehead atoms. The van der Waals surface area contributed by atoms with Gasteiger partial charge in [-0.25, -0.2) is 0 Å². The van der Waals surface area contributed by atoms with E-state index >= 15 is 0 Å². The number of hydrogen-bond donors (Lipinski definition) is 2. The van der Waals surface area contributed by atoms with Crippen LogP contribution in [0.15, 0.2) is 48.5 Å². The molecule has 2 rings (SSSR count). The van der Waals surface area contributed by atoms with Crippen LogP contribution in [0.4, 0.5) is 5.69 Å². The van der Waals surface area contributed by atoms with Crippen molar-refractivity contribution in [3.05, 3.63) is 59.7 Å². The summed E-state index contributed by atoms with van der Waals surface area (Å²) in [5, 5.41) is 5.47. The quantitative estimate of drug-likeness (QED) is 0.774. The van der Waals surface area contributed by atoms with E-state index in [1.807, 2.05) is 43.3 Å². The fourth-order valence-corrected chi connectivity index (χ4v) is 2.29. The Balaban J connectivity index is 1.95. The molecular formula is C20H24N2O3. The minimum Gasteiger partial charge on any atom is -0.494 e. The number of carbonyl (C=O) groups excluding carboxylic acids is 2. The van der Waals surface area contributed by atoms with Crippen molar-refractivity contribution in [2.24, 2.45) is 0 Å². The third kappa shape index (κ3) is 5.95. The van der Waals surface area contributed by atoms with E-state index in [1.165, 1.54) is 0 Å². The van der Waals surface area contributed by atoms with Crippen LogP contribution in [0.25, 0.3) is 0 Å². The number of anilines is 1. The van der Waals surface area contributed by atoms with Gasteiger partial charge >= 0.3 is 0 Å². The van der Waals surface area contributed by atoms with E-state index in [4.69, 9.17) is 4.74 Å². The first-order valence-corrected chi connectivity index (χ1v) is 8.46. The highest BCUT2D eigenvalue weighted by atomic mass is 16.5. The molecule has 0 aliphatic carbocycles. The summed E-state index contributed by atoms with van der Waals surface area (Å²) in [5.74, 6) is 0.529. The van der Waals surface area contributed by atoms with E-state index < -0.39 is 0 Å². The van der Waals surface area contributed by atoms with Crippen LogP contribution in [0, 0.1) is 0 Å². The average molecular weight is 340 g/mol. The van der Waals surface area contributed by atoms with Gasteiger partial charge in [-0.2, -0.15) is 0 Å². The van der Waals surface area contributed by atoms with Crippen LogP contribution in [-0.4, -0.2) is 25.5 Å². The molecule has 0 radical (unpaired) electrons. The van der Waals surface area contributed by atoms with Crippen LogP contribution < -0.4 is 15.4 Å². The standard InChI is InChI=1S/C20H24N2O3/c1-3-13-25-18-6-4-5-16(14-18)20(24)22-17-10-7-15(8-11-17)9-12-19(23)21-2/h4-8,10-11,14H,3,9,12-13H2,1-2H3,(H,21,23)(H,22,24). The zero-order valence-corrected chi connectivity index (χ0v) is 14.7. The summed E-state index contributed by atoms with van der Waals surface area (Å²) in [4.78, 5) is 23.6. The molecule has 2 aromatic carbocycles. The zero-order chi connectivity index (χ0) is 18.1. The van der Waals surface area contributed by atoms with Gasteiger partial charge in [-0.15, -0.1) is 0 Å². The molecular weight excluding hydrogens is 316 g/mol. The molecule has 0 heterocycles. The van der Waals surface area contributed by atoms with Crippen LogP contribution in [-0.2, 0) is 11.2 Å². The Kier molecular flexibility index (Phi) is 7.01. The number of nitrogens with one attached hydrogen (secondary N) is 2. The van der Waals surface area contributed by atoms with Crippen molar-refractivity contribution in [2.45, 2.75) is 26.2 Å². The van der Waals surface area contributed by atoms with Crippen LogP contribution >= 0.6 is 0 Å². The number of rotatable bonds is 8. The Bertz CT molecular complexity index is 711. The predicted molar refractivity (Wildman–Crippen MR) is 99.0 cm³/mol. The molecule has 2 aromatic rings. The lowest BCUT2D eigenvalue weighted by atomic mass is 10.1. The van der Waals surface area contributed by atoms with Gasteiger partial charge in [-0.3, -0.25) is 9.59 Å². The Morgan fingerprint density at radius 3 is 2.52 bits per heavy atom. The molecule has 0 saturated heterocycles. The fourth-order valence-electron chi connectivity index (χ4n) is 2.29. The smallest absolute Gasteiger partial charge is 0.255 e. The second-order valence-corrected chi connectivity index (χ2v) is 5.70. The lowest BCUT2D eigenvalue weighted by Crippen LogP contribution is -2.17. The molecule has 5 heteroatoms. The summed E-state index contributed by atoms with van der Waals surface area (Å²) in [5.41, 5.74) is 2.32. The first kappa shape index (κ1) is 18.5. The zero-order valence-electron chi connectivity index (χ0n) is 14.7. The highest BCUT2D eigenvalue weighted by Gasteiger charge is 2.08. The topological polar surface area (TPSA) is 67.4 Å². The van der Waals surface area contributed by atoms with E-state index in [2.05, 4.69) is 10.6 Å². The first-order valence-electron chi connectivity index (χ1n) is 8.46. The fraction of sp³-hybridized carbons (Fsp3) is 0.300. The molecule has 0 saturated carbocycles. The van der Waals surface area contributed by atoms with Gasteiger partial charge in [-0.1, -0.05) is 25.1 Å². The summed E-state index contributed by atoms with van der Waals surface area (Å²) in [6.07, 6.45) is 2.04. The van der Waals surface area contributed by atoms with Gasteiger partial charge < -0.3 is 15.4 Å². The van der Waals surface area contributed by atoms with Crippen molar-refractivity contribution in [2.75, 3.05) is 19.0 Å². The Labute approximate surface area is 148 Å². The van der Waals surface area contributed by atoms with Gasteiger partial charge in [0, 0.05) is 24.7 Å². The minimum atomic E-state index is -0.181. The maximum absolute atomic E-state index is 12.4. The maximum atomic E-state index is 12.4. The minimum absolute atomic E-state index is 0.0163. The van der Waals surface area contributed by atoms with Crippen molar-refractivity contribution in [1.29, 1.82) is 0 Å². The summed E-state index contributed by atoms with van der Waals surface area (Å²) in [6.45, 7) is 2.66. The first-order chi connectivity index (χ1) is 12.1. The SMILES string of the molecule is CCCOc1cccc(C(=O)Nc2ccc(CCC(=O)NC)cc2)c1. The molecule has 5 nitrogen and oxygen atoms in total. The average Bonchev–Trinajstić information content (AvgIpc) is 2.65. The van der Waals surface area contributed by atoms with E-state index in [0.29, 0.717) is 36.4 Å². The van der Waals surface area contributed by atoms with E-state index in [9.17, 15) is 9.59 Å². The van der Waals surface area contributed by atoms with Gasteiger partial charge in [0.05, 0.1) is 6.61 Å². The molecule has 0 aliphatic heterocycles. The maximum Gasteiger partial charge on any atom is 0.255 e. The Morgan fingerprint density at radius 1 is 1.08 bits per heavy atom. The molecule has 25 heavy (non-hydrogen) atoms. The van der Waals surface area contributed by atoms with Crippen molar-refractivity contribution in [3.63, 3.8) is 0 Å². The molecule has 2 amide bonds. The highest BCUT2D eigenvalue weighted by molar-refractivity contribution is 6.04. The largest absolute Gasteiger partial charge is 0.494 e. The predicted octanol–water partition coefficient (Wildman–Crippen LogP) is 3.41. The molecule has 0 aliphatic rings. The van der Waals surface area contributed by atoms with Crippen molar-refractivity contribution >= 4 is 17.5 Å². The van der Waals surface area contributed by atoms with Gasteiger partial charge in [0.1, 0.15) is 5.75 Å². The monoisotopic (exact) mass is 340 g/mol. The van der Waals surface area contributed by atoms with Gasteiger partial charge in [0.25, 0.3) is 5.91 Å². The third-order valence-electron chi connectivity index (χ3n) is 3.70. The number of amides is 2. The molecule has 0 aromatic heterocycles. The van der Waals surface area contributed by atoms with Crippen molar-refractivity contribution in [3.8, 4) is 5.75 Å². The van der Waals surface area contributed by atoms with Gasteiger partial charge in [-0.05, 0) is 48.7 Å². The number of aryl methyl sites for hydroxylation is 1. The second kappa shape index (κ2) is 9.47. The van der Waals surface area contributed by atoms with E-state index in [0.717, 1.165) is 12.0 Å². The second-order valence-electron chi connectivity index (χ2n) is 5.70. The number of benzene rings is 2. The molecule has 0 spiro atoms.